The topological polar surface area (TPSA) is 83.6 Å². The molecule has 1 aromatic carbocycles. The molecule has 1 saturated heterocycles. The minimum Gasteiger partial charge on any atom is -0.326 e. The van der Waals surface area contributed by atoms with Crippen LogP contribution in [0.25, 0.3) is 0 Å². The first-order chi connectivity index (χ1) is 8.91. The third kappa shape index (κ3) is 2.90. The molecule has 1 N–H and O–H groups in total. The zero-order valence-electron chi connectivity index (χ0n) is 10.1. The summed E-state index contributed by atoms with van der Waals surface area (Å²) in [7, 11) is -3.78. The van der Waals surface area contributed by atoms with Gasteiger partial charge in [0, 0.05) is 24.9 Å². The molecule has 1 heterocycles. The zero-order chi connectivity index (χ0) is 14.0. The summed E-state index contributed by atoms with van der Waals surface area (Å²) in [5.74, 6) is 0.240. The largest absolute Gasteiger partial charge is 0.326 e. The Balaban J connectivity index is 2.26. The van der Waals surface area contributed by atoms with Crippen LogP contribution in [0.3, 0.4) is 0 Å². The van der Waals surface area contributed by atoms with Gasteiger partial charge in [0.15, 0.2) is 0 Å². The number of thioether (sulfide) groups is 1. The summed E-state index contributed by atoms with van der Waals surface area (Å²) in [5.41, 5.74) is 0.508. The van der Waals surface area contributed by atoms with Gasteiger partial charge < -0.3 is 5.32 Å². The SMILES string of the molecule is CC(=O)Nc1ccc(S(=O)(=O)N2CCSC2=O)cc1. The fourth-order valence-corrected chi connectivity index (χ4v) is 4.15. The lowest BCUT2D eigenvalue weighted by molar-refractivity contribution is -0.114. The zero-order valence-corrected chi connectivity index (χ0v) is 11.8. The van der Waals surface area contributed by atoms with Crippen LogP contribution in [0.2, 0.25) is 0 Å². The number of carbonyl (C=O) groups excluding carboxylic acids is 2. The van der Waals surface area contributed by atoms with E-state index in [2.05, 4.69) is 5.32 Å². The first-order valence-electron chi connectivity index (χ1n) is 5.48. The van der Waals surface area contributed by atoms with E-state index in [4.69, 9.17) is 0 Å². The van der Waals surface area contributed by atoms with Crippen LogP contribution in [-0.2, 0) is 14.8 Å². The second-order valence-electron chi connectivity index (χ2n) is 3.90. The van der Waals surface area contributed by atoms with E-state index in [0.717, 1.165) is 16.1 Å². The second kappa shape index (κ2) is 5.22. The Morgan fingerprint density at radius 1 is 1.32 bits per heavy atom. The molecule has 2 rings (SSSR count). The molecular formula is C11H12N2O4S2. The van der Waals surface area contributed by atoms with E-state index in [1.807, 2.05) is 0 Å². The van der Waals surface area contributed by atoms with Crippen LogP contribution in [0.1, 0.15) is 6.92 Å². The average molecular weight is 300 g/mol. The third-order valence-corrected chi connectivity index (χ3v) is 5.25. The van der Waals surface area contributed by atoms with E-state index in [1.54, 1.807) is 0 Å². The number of carbonyl (C=O) groups is 2. The summed E-state index contributed by atoms with van der Waals surface area (Å²) in [6, 6.07) is 5.72. The van der Waals surface area contributed by atoms with Crippen molar-refractivity contribution >= 4 is 38.6 Å². The van der Waals surface area contributed by atoms with Gasteiger partial charge in [-0.05, 0) is 24.3 Å². The van der Waals surface area contributed by atoms with Crippen LogP contribution in [0.4, 0.5) is 10.5 Å². The summed E-state index contributed by atoms with van der Waals surface area (Å²) >= 11 is 0.989. The number of anilines is 1. The molecule has 8 heteroatoms. The van der Waals surface area contributed by atoms with Gasteiger partial charge in [-0.3, -0.25) is 9.59 Å². The van der Waals surface area contributed by atoms with E-state index in [0.29, 0.717) is 11.4 Å². The van der Waals surface area contributed by atoms with Gasteiger partial charge in [0.1, 0.15) is 0 Å². The molecule has 0 saturated carbocycles. The van der Waals surface area contributed by atoms with Crippen molar-refractivity contribution in [2.24, 2.45) is 0 Å². The highest BCUT2D eigenvalue weighted by molar-refractivity contribution is 8.15. The van der Waals surface area contributed by atoms with Crippen LogP contribution < -0.4 is 5.32 Å². The van der Waals surface area contributed by atoms with E-state index >= 15 is 0 Å². The van der Waals surface area contributed by atoms with Gasteiger partial charge in [-0.15, -0.1) is 0 Å². The number of nitrogens with zero attached hydrogens (tertiary/aromatic N) is 1. The number of benzene rings is 1. The Morgan fingerprint density at radius 3 is 2.42 bits per heavy atom. The Bertz CT molecular complexity index is 610. The van der Waals surface area contributed by atoms with Gasteiger partial charge in [0.05, 0.1) is 4.90 Å². The van der Waals surface area contributed by atoms with Crippen molar-refractivity contribution in [3.63, 3.8) is 0 Å². The highest BCUT2D eigenvalue weighted by Crippen LogP contribution is 2.26. The van der Waals surface area contributed by atoms with Gasteiger partial charge in [0.2, 0.25) is 5.91 Å². The molecular weight excluding hydrogens is 288 g/mol. The molecule has 0 bridgehead atoms. The number of hydrogen-bond acceptors (Lipinski definition) is 5. The van der Waals surface area contributed by atoms with Crippen molar-refractivity contribution in [3.05, 3.63) is 24.3 Å². The first-order valence-corrected chi connectivity index (χ1v) is 7.91. The minimum atomic E-state index is -3.78. The van der Waals surface area contributed by atoms with Crippen molar-refractivity contribution < 1.29 is 18.0 Å². The van der Waals surface area contributed by atoms with Crippen LogP contribution in [0.15, 0.2) is 29.2 Å². The molecule has 19 heavy (non-hydrogen) atoms. The van der Waals surface area contributed by atoms with Crippen molar-refractivity contribution in [2.45, 2.75) is 11.8 Å². The molecule has 6 nitrogen and oxygen atoms in total. The predicted molar refractivity (Wildman–Crippen MR) is 72.5 cm³/mol. The lowest BCUT2D eigenvalue weighted by atomic mass is 10.3. The van der Waals surface area contributed by atoms with Crippen LogP contribution in [0, 0.1) is 0 Å². The molecule has 1 aliphatic heterocycles. The molecule has 102 valence electrons. The Labute approximate surface area is 115 Å². The standard InChI is InChI=1S/C11H12N2O4S2/c1-8(14)12-9-2-4-10(5-3-9)19(16,17)13-6-7-18-11(13)15/h2-5H,6-7H2,1H3,(H,12,14). The molecule has 1 aliphatic rings. The van der Waals surface area contributed by atoms with Crippen molar-refractivity contribution in [3.8, 4) is 0 Å². The molecule has 0 spiro atoms. The van der Waals surface area contributed by atoms with E-state index in [-0.39, 0.29) is 17.3 Å². The number of amides is 2. The lowest BCUT2D eigenvalue weighted by Crippen LogP contribution is -2.30. The van der Waals surface area contributed by atoms with E-state index in [9.17, 15) is 18.0 Å². The first kappa shape index (κ1) is 13.9. The maximum Gasteiger partial charge on any atom is 0.295 e. The third-order valence-electron chi connectivity index (χ3n) is 2.49. The number of sulfonamides is 1. The smallest absolute Gasteiger partial charge is 0.295 e. The summed E-state index contributed by atoms with van der Waals surface area (Å²) in [6.07, 6.45) is 0. The second-order valence-corrected chi connectivity index (χ2v) is 6.81. The van der Waals surface area contributed by atoms with Crippen LogP contribution in [-0.4, -0.2) is 36.2 Å². The lowest BCUT2D eigenvalue weighted by Gasteiger charge is -2.15. The Hall–Kier alpha value is -1.54. The average Bonchev–Trinajstić information content (AvgIpc) is 2.76. The normalized spacial score (nSPS) is 15.6. The predicted octanol–water partition coefficient (Wildman–Crippen LogP) is 1.50. The van der Waals surface area contributed by atoms with Crippen molar-refractivity contribution in [1.82, 2.24) is 4.31 Å². The summed E-state index contributed by atoms with van der Waals surface area (Å²) in [6.45, 7) is 1.56. The number of hydrogen-bond donors (Lipinski definition) is 1. The van der Waals surface area contributed by atoms with E-state index in [1.165, 1.54) is 31.2 Å². The maximum absolute atomic E-state index is 12.2. The molecule has 0 atom stereocenters. The molecule has 2 amide bonds. The monoisotopic (exact) mass is 300 g/mol. The fraction of sp³-hybridized carbons (Fsp3) is 0.273. The van der Waals surface area contributed by atoms with Crippen LogP contribution >= 0.6 is 11.8 Å². The summed E-state index contributed by atoms with van der Waals surface area (Å²) < 4.78 is 25.2. The molecule has 0 aliphatic carbocycles. The van der Waals surface area contributed by atoms with Crippen LogP contribution in [0.5, 0.6) is 0 Å². The Kier molecular flexibility index (Phi) is 3.81. The number of nitrogens with one attached hydrogen (secondary N) is 1. The maximum atomic E-state index is 12.2. The minimum absolute atomic E-state index is 0.0393. The van der Waals surface area contributed by atoms with Gasteiger partial charge in [0.25, 0.3) is 15.3 Å². The van der Waals surface area contributed by atoms with Gasteiger partial charge in [-0.1, -0.05) is 11.8 Å². The fourth-order valence-electron chi connectivity index (χ4n) is 1.64. The van der Waals surface area contributed by atoms with Gasteiger partial charge >= 0.3 is 0 Å². The van der Waals surface area contributed by atoms with Crippen molar-refractivity contribution in [1.29, 1.82) is 0 Å². The molecule has 0 unspecified atom stereocenters. The van der Waals surface area contributed by atoms with E-state index < -0.39 is 15.3 Å². The molecule has 1 aromatic rings. The highest BCUT2D eigenvalue weighted by Gasteiger charge is 2.33. The van der Waals surface area contributed by atoms with Gasteiger partial charge in [-0.25, -0.2) is 12.7 Å². The quantitative estimate of drug-likeness (QED) is 0.914. The van der Waals surface area contributed by atoms with Gasteiger partial charge in [-0.2, -0.15) is 0 Å². The highest BCUT2D eigenvalue weighted by atomic mass is 32.2. The molecule has 0 radical (unpaired) electrons. The molecule has 1 fully saturated rings. The number of rotatable bonds is 3. The van der Waals surface area contributed by atoms with Crippen molar-refractivity contribution in [2.75, 3.05) is 17.6 Å². The Morgan fingerprint density at radius 2 is 1.95 bits per heavy atom. The molecule has 0 aromatic heterocycles. The summed E-state index contributed by atoms with van der Waals surface area (Å²) in [5, 5.41) is 2.09. The summed E-state index contributed by atoms with van der Waals surface area (Å²) in [4.78, 5) is 22.4.